The standard InChI is InChI=1S/C15H11ClF3N3O/c16-14-6-5-12(7-13(14)15(17,18)19)23-11-3-1-10(2-4-11)22-8-20-21-9-22/h1-8,21H,9H2. The van der Waals surface area contributed by atoms with Crippen LogP contribution in [0, 0.1) is 0 Å². The Morgan fingerprint density at radius 1 is 1.09 bits per heavy atom. The fourth-order valence-corrected chi connectivity index (χ4v) is 2.28. The maximum Gasteiger partial charge on any atom is 0.417 e. The summed E-state index contributed by atoms with van der Waals surface area (Å²) in [5, 5.41) is 3.51. The van der Waals surface area contributed by atoms with Crippen molar-refractivity contribution in [3.05, 3.63) is 53.1 Å². The SMILES string of the molecule is FC(F)(F)c1cc(Oc2ccc(N3C=NNC3)cc2)ccc1Cl. The Morgan fingerprint density at radius 3 is 2.39 bits per heavy atom. The van der Waals surface area contributed by atoms with Crippen LogP contribution < -0.4 is 15.1 Å². The molecule has 3 rings (SSSR count). The molecule has 0 amide bonds. The maximum absolute atomic E-state index is 12.8. The predicted octanol–water partition coefficient (Wildman–Crippen LogP) is 4.46. The summed E-state index contributed by atoms with van der Waals surface area (Å²) in [4.78, 5) is 1.87. The van der Waals surface area contributed by atoms with Gasteiger partial charge < -0.3 is 9.64 Å². The molecule has 1 aliphatic heterocycles. The van der Waals surface area contributed by atoms with Crippen molar-refractivity contribution in [1.29, 1.82) is 0 Å². The Hall–Kier alpha value is -2.41. The molecule has 2 aromatic rings. The summed E-state index contributed by atoms with van der Waals surface area (Å²) in [5.41, 5.74) is 2.76. The van der Waals surface area contributed by atoms with Gasteiger partial charge in [0.25, 0.3) is 0 Å². The van der Waals surface area contributed by atoms with Crippen LogP contribution in [0.1, 0.15) is 5.56 Å². The lowest BCUT2D eigenvalue weighted by atomic mass is 10.2. The highest BCUT2D eigenvalue weighted by Gasteiger charge is 2.33. The quantitative estimate of drug-likeness (QED) is 0.895. The number of benzene rings is 2. The van der Waals surface area contributed by atoms with Gasteiger partial charge in [0, 0.05) is 5.69 Å². The molecule has 0 spiro atoms. The van der Waals surface area contributed by atoms with Crippen LogP contribution >= 0.6 is 11.6 Å². The molecule has 120 valence electrons. The molecule has 0 saturated heterocycles. The van der Waals surface area contributed by atoms with Crippen molar-refractivity contribution >= 4 is 23.6 Å². The van der Waals surface area contributed by atoms with Gasteiger partial charge in [-0.3, -0.25) is 5.43 Å². The van der Waals surface area contributed by atoms with E-state index >= 15 is 0 Å². The molecule has 0 aromatic heterocycles. The molecule has 1 heterocycles. The van der Waals surface area contributed by atoms with Crippen LogP contribution in [0.3, 0.4) is 0 Å². The van der Waals surface area contributed by atoms with E-state index in [0.29, 0.717) is 12.4 Å². The zero-order valence-corrected chi connectivity index (χ0v) is 12.4. The second-order valence-electron chi connectivity index (χ2n) is 4.77. The number of nitrogens with one attached hydrogen (secondary N) is 1. The van der Waals surface area contributed by atoms with Crippen LogP contribution in [0.2, 0.25) is 5.02 Å². The molecule has 0 fully saturated rings. The summed E-state index contributed by atoms with van der Waals surface area (Å²) in [6.45, 7) is 0.562. The Kier molecular flexibility index (Phi) is 4.04. The molecule has 0 saturated carbocycles. The fraction of sp³-hybridized carbons (Fsp3) is 0.133. The van der Waals surface area contributed by atoms with Gasteiger partial charge in [-0.15, -0.1) is 0 Å². The van der Waals surface area contributed by atoms with E-state index in [1.54, 1.807) is 30.6 Å². The minimum Gasteiger partial charge on any atom is -0.457 e. The highest BCUT2D eigenvalue weighted by molar-refractivity contribution is 6.31. The normalized spacial score (nSPS) is 14.0. The highest BCUT2D eigenvalue weighted by atomic mass is 35.5. The first-order chi connectivity index (χ1) is 10.9. The van der Waals surface area contributed by atoms with Gasteiger partial charge in [0.05, 0.1) is 10.6 Å². The summed E-state index contributed by atoms with van der Waals surface area (Å²) in [6, 6.07) is 10.4. The number of ether oxygens (including phenoxy) is 1. The molecule has 4 nitrogen and oxygen atoms in total. The summed E-state index contributed by atoms with van der Waals surface area (Å²) in [6.07, 6.45) is -2.88. The van der Waals surface area contributed by atoms with E-state index in [1.807, 2.05) is 4.90 Å². The Labute approximate surface area is 135 Å². The van der Waals surface area contributed by atoms with Gasteiger partial charge in [0.15, 0.2) is 0 Å². The predicted molar refractivity (Wildman–Crippen MR) is 81.9 cm³/mol. The number of anilines is 1. The van der Waals surface area contributed by atoms with Gasteiger partial charge in [-0.1, -0.05) is 11.6 Å². The number of hydrazone groups is 1. The lowest BCUT2D eigenvalue weighted by Crippen LogP contribution is -2.22. The number of rotatable bonds is 3. The molecule has 23 heavy (non-hydrogen) atoms. The summed E-state index contributed by atoms with van der Waals surface area (Å²) in [5.74, 6) is 0.493. The molecule has 1 aliphatic rings. The van der Waals surface area contributed by atoms with Crippen LogP contribution in [-0.2, 0) is 6.18 Å². The average molecular weight is 342 g/mol. The number of nitrogens with zero attached hydrogens (tertiary/aromatic N) is 2. The zero-order valence-electron chi connectivity index (χ0n) is 11.6. The van der Waals surface area contributed by atoms with Gasteiger partial charge in [-0.25, -0.2) is 0 Å². The van der Waals surface area contributed by atoms with Crippen molar-refractivity contribution in [1.82, 2.24) is 5.43 Å². The van der Waals surface area contributed by atoms with Crippen LogP contribution in [0.5, 0.6) is 11.5 Å². The third-order valence-corrected chi connectivity index (χ3v) is 3.51. The van der Waals surface area contributed by atoms with E-state index in [9.17, 15) is 13.2 Å². The van der Waals surface area contributed by atoms with E-state index in [-0.39, 0.29) is 10.8 Å². The van der Waals surface area contributed by atoms with Crippen LogP contribution in [0.25, 0.3) is 0 Å². The summed E-state index contributed by atoms with van der Waals surface area (Å²) < 4.78 is 43.9. The average Bonchev–Trinajstić information content (AvgIpc) is 3.03. The molecule has 0 aliphatic carbocycles. The fourth-order valence-electron chi connectivity index (χ4n) is 2.05. The topological polar surface area (TPSA) is 36.9 Å². The van der Waals surface area contributed by atoms with Gasteiger partial charge in [0.2, 0.25) is 0 Å². The second-order valence-corrected chi connectivity index (χ2v) is 5.17. The molecule has 0 bridgehead atoms. The second kappa shape index (κ2) is 6.00. The van der Waals surface area contributed by atoms with Crippen molar-refractivity contribution in [2.45, 2.75) is 6.18 Å². The number of hydrogen-bond donors (Lipinski definition) is 1. The molecule has 0 atom stereocenters. The van der Waals surface area contributed by atoms with Gasteiger partial charge in [-0.05, 0) is 42.5 Å². The lowest BCUT2D eigenvalue weighted by Gasteiger charge is -2.14. The first-order valence-electron chi connectivity index (χ1n) is 6.61. The summed E-state index contributed by atoms with van der Waals surface area (Å²) >= 11 is 5.58. The first-order valence-corrected chi connectivity index (χ1v) is 6.98. The summed E-state index contributed by atoms with van der Waals surface area (Å²) in [7, 11) is 0. The molecule has 8 heteroatoms. The van der Waals surface area contributed by atoms with Gasteiger partial charge in [-0.2, -0.15) is 18.3 Å². The van der Waals surface area contributed by atoms with E-state index in [1.165, 1.54) is 12.1 Å². The van der Waals surface area contributed by atoms with E-state index in [4.69, 9.17) is 16.3 Å². The van der Waals surface area contributed by atoms with Crippen molar-refractivity contribution in [2.75, 3.05) is 11.6 Å². The minimum absolute atomic E-state index is 0.0684. The molecular weight excluding hydrogens is 331 g/mol. The monoisotopic (exact) mass is 341 g/mol. The van der Waals surface area contributed by atoms with E-state index in [2.05, 4.69) is 10.5 Å². The molecule has 2 aromatic carbocycles. The van der Waals surface area contributed by atoms with E-state index in [0.717, 1.165) is 11.8 Å². The largest absolute Gasteiger partial charge is 0.457 e. The van der Waals surface area contributed by atoms with Gasteiger partial charge >= 0.3 is 6.18 Å². The Balaban J connectivity index is 1.78. The zero-order chi connectivity index (χ0) is 16.4. The Morgan fingerprint density at radius 2 is 1.78 bits per heavy atom. The van der Waals surface area contributed by atoms with Crippen molar-refractivity contribution < 1.29 is 17.9 Å². The molecule has 0 unspecified atom stereocenters. The first kappa shape index (κ1) is 15.5. The number of alkyl halides is 3. The maximum atomic E-state index is 12.8. The van der Waals surface area contributed by atoms with E-state index < -0.39 is 11.7 Å². The molecule has 1 N–H and O–H groups in total. The van der Waals surface area contributed by atoms with Crippen LogP contribution in [0.4, 0.5) is 18.9 Å². The smallest absolute Gasteiger partial charge is 0.417 e. The molecular formula is C15H11ClF3N3O. The molecule has 0 radical (unpaired) electrons. The minimum atomic E-state index is -4.53. The third kappa shape index (κ3) is 3.50. The van der Waals surface area contributed by atoms with Crippen LogP contribution in [-0.4, -0.2) is 13.0 Å². The lowest BCUT2D eigenvalue weighted by molar-refractivity contribution is -0.137. The third-order valence-electron chi connectivity index (χ3n) is 3.18. The van der Waals surface area contributed by atoms with Crippen molar-refractivity contribution in [2.24, 2.45) is 5.10 Å². The number of hydrogen-bond acceptors (Lipinski definition) is 4. The highest BCUT2D eigenvalue weighted by Crippen LogP contribution is 2.37. The van der Waals surface area contributed by atoms with Crippen LogP contribution in [0.15, 0.2) is 47.6 Å². The Bertz CT molecular complexity index is 732. The van der Waals surface area contributed by atoms with Crippen molar-refractivity contribution in [3.8, 4) is 11.5 Å². The van der Waals surface area contributed by atoms with Crippen molar-refractivity contribution in [3.63, 3.8) is 0 Å². The number of halogens is 4. The van der Waals surface area contributed by atoms with Gasteiger partial charge in [0.1, 0.15) is 24.5 Å².